The first-order valence-corrected chi connectivity index (χ1v) is 8.26. The molecule has 4 nitrogen and oxygen atoms in total. The van der Waals surface area contributed by atoms with Crippen LogP contribution in [0.4, 0.5) is 0 Å². The molecule has 0 aromatic heterocycles. The molecule has 0 aliphatic rings. The molecule has 0 aliphatic carbocycles. The van der Waals surface area contributed by atoms with Gasteiger partial charge in [0.15, 0.2) is 0 Å². The quantitative estimate of drug-likeness (QED) is 0.708. The van der Waals surface area contributed by atoms with Crippen molar-refractivity contribution in [3.8, 4) is 11.5 Å². The molecule has 0 saturated carbocycles. The summed E-state index contributed by atoms with van der Waals surface area (Å²) in [5, 5.41) is 2.90. The summed E-state index contributed by atoms with van der Waals surface area (Å²) in [7, 11) is 1.62. The van der Waals surface area contributed by atoms with Crippen LogP contribution < -0.4 is 14.8 Å². The van der Waals surface area contributed by atoms with Crippen LogP contribution in [0.2, 0.25) is 0 Å². The van der Waals surface area contributed by atoms with Crippen LogP contribution in [0, 0.1) is 0 Å². The van der Waals surface area contributed by atoms with Crippen molar-refractivity contribution in [1.29, 1.82) is 0 Å². The number of halogens is 1. The van der Waals surface area contributed by atoms with Gasteiger partial charge >= 0.3 is 0 Å². The van der Waals surface area contributed by atoms with Gasteiger partial charge in [0.25, 0.3) is 0 Å². The molecule has 2 aromatic carbocycles. The standard InChI is InChI=1S/C18H20BrNO3/c1-22-16-9-4-2-7-14(16)13-20-18(21)11-6-12-23-17-10-5-3-8-15(17)19/h2-5,7-10H,6,11-13H2,1H3,(H,20,21). The second-order valence-electron chi connectivity index (χ2n) is 4.97. The molecule has 5 heteroatoms. The summed E-state index contributed by atoms with van der Waals surface area (Å²) in [4.78, 5) is 11.9. The lowest BCUT2D eigenvalue weighted by Crippen LogP contribution is -2.23. The highest BCUT2D eigenvalue weighted by Crippen LogP contribution is 2.23. The fourth-order valence-corrected chi connectivity index (χ4v) is 2.51. The molecule has 2 aromatic rings. The Morgan fingerprint density at radius 2 is 1.78 bits per heavy atom. The van der Waals surface area contributed by atoms with Gasteiger partial charge in [0.2, 0.25) is 5.91 Å². The largest absolute Gasteiger partial charge is 0.496 e. The Balaban J connectivity index is 1.68. The third-order valence-corrected chi connectivity index (χ3v) is 3.97. The monoisotopic (exact) mass is 377 g/mol. The topological polar surface area (TPSA) is 47.6 Å². The van der Waals surface area contributed by atoms with Crippen molar-refractivity contribution in [1.82, 2.24) is 5.32 Å². The maximum absolute atomic E-state index is 11.9. The molecule has 1 amide bonds. The smallest absolute Gasteiger partial charge is 0.220 e. The molecule has 0 unspecified atom stereocenters. The fourth-order valence-electron chi connectivity index (χ4n) is 2.11. The number of rotatable bonds is 8. The van der Waals surface area contributed by atoms with Gasteiger partial charge in [0.05, 0.1) is 18.2 Å². The van der Waals surface area contributed by atoms with Crippen LogP contribution >= 0.6 is 15.9 Å². The van der Waals surface area contributed by atoms with Crippen LogP contribution in [0.5, 0.6) is 11.5 Å². The lowest BCUT2D eigenvalue weighted by atomic mass is 10.2. The van der Waals surface area contributed by atoms with Gasteiger partial charge in [0, 0.05) is 18.5 Å². The summed E-state index contributed by atoms with van der Waals surface area (Å²) < 4.78 is 11.8. The second-order valence-corrected chi connectivity index (χ2v) is 5.83. The Hall–Kier alpha value is -2.01. The Labute approximate surface area is 144 Å². The van der Waals surface area contributed by atoms with E-state index in [-0.39, 0.29) is 5.91 Å². The van der Waals surface area contributed by atoms with Crippen LogP contribution in [0.25, 0.3) is 0 Å². The van der Waals surface area contributed by atoms with E-state index in [4.69, 9.17) is 9.47 Å². The van der Waals surface area contributed by atoms with Crippen LogP contribution in [0.15, 0.2) is 53.0 Å². The number of nitrogens with one attached hydrogen (secondary N) is 1. The first-order chi connectivity index (χ1) is 11.2. The number of carbonyl (C=O) groups excluding carboxylic acids is 1. The molecule has 0 fully saturated rings. The van der Waals surface area contributed by atoms with Crippen molar-refractivity contribution in [2.75, 3.05) is 13.7 Å². The van der Waals surface area contributed by atoms with Crippen LogP contribution in [0.3, 0.4) is 0 Å². The third-order valence-electron chi connectivity index (χ3n) is 3.31. The Bertz CT molecular complexity index is 646. The van der Waals surface area contributed by atoms with Gasteiger partial charge in [-0.25, -0.2) is 0 Å². The molecule has 122 valence electrons. The Kier molecular flexibility index (Phi) is 6.94. The van der Waals surface area contributed by atoms with Gasteiger partial charge in [-0.15, -0.1) is 0 Å². The fraction of sp³-hybridized carbons (Fsp3) is 0.278. The maximum atomic E-state index is 11.9. The Morgan fingerprint density at radius 1 is 1.09 bits per heavy atom. The van der Waals surface area contributed by atoms with Crippen LogP contribution in [0.1, 0.15) is 18.4 Å². The normalized spacial score (nSPS) is 10.2. The molecule has 0 atom stereocenters. The van der Waals surface area contributed by atoms with Gasteiger partial charge in [-0.3, -0.25) is 4.79 Å². The van der Waals surface area contributed by atoms with E-state index in [0.717, 1.165) is 21.5 Å². The molecular formula is C18H20BrNO3. The van der Waals surface area contributed by atoms with Gasteiger partial charge < -0.3 is 14.8 Å². The molecule has 23 heavy (non-hydrogen) atoms. The summed E-state index contributed by atoms with van der Waals surface area (Å²) in [6.07, 6.45) is 1.10. The highest BCUT2D eigenvalue weighted by molar-refractivity contribution is 9.10. The molecule has 0 bridgehead atoms. The van der Waals surface area contributed by atoms with Crippen molar-refractivity contribution < 1.29 is 14.3 Å². The van der Waals surface area contributed by atoms with Crippen molar-refractivity contribution in [2.24, 2.45) is 0 Å². The number of ether oxygens (including phenoxy) is 2. The number of methoxy groups -OCH3 is 1. The van der Waals surface area contributed by atoms with Crippen molar-refractivity contribution in [2.45, 2.75) is 19.4 Å². The van der Waals surface area contributed by atoms with E-state index >= 15 is 0 Å². The number of hydrogen-bond donors (Lipinski definition) is 1. The molecule has 0 spiro atoms. The summed E-state index contributed by atoms with van der Waals surface area (Å²) in [6.45, 7) is 0.971. The average molecular weight is 378 g/mol. The van der Waals surface area contributed by atoms with Crippen molar-refractivity contribution >= 4 is 21.8 Å². The highest BCUT2D eigenvalue weighted by Gasteiger charge is 2.05. The molecule has 2 rings (SSSR count). The lowest BCUT2D eigenvalue weighted by Gasteiger charge is -2.10. The lowest BCUT2D eigenvalue weighted by molar-refractivity contribution is -0.121. The summed E-state index contributed by atoms with van der Waals surface area (Å²) in [5.41, 5.74) is 0.966. The van der Waals surface area contributed by atoms with Gasteiger partial charge in [0.1, 0.15) is 11.5 Å². The maximum Gasteiger partial charge on any atom is 0.220 e. The minimum Gasteiger partial charge on any atom is -0.496 e. The molecule has 0 heterocycles. The number of hydrogen-bond acceptors (Lipinski definition) is 3. The molecular weight excluding hydrogens is 358 g/mol. The van der Waals surface area contributed by atoms with E-state index in [1.54, 1.807) is 7.11 Å². The third kappa shape index (κ3) is 5.60. The summed E-state index contributed by atoms with van der Waals surface area (Å²) in [6, 6.07) is 15.3. The molecule has 1 N–H and O–H groups in total. The van der Waals surface area contributed by atoms with Gasteiger partial charge in [-0.05, 0) is 40.5 Å². The minimum atomic E-state index is 0.00614. The van der Waals surface area contributed by atoms with E-state index in [0.29, 0.717) is 26.0 Å². The van der Waals surface area contributed by atoms with Crippen molar-refractivity contribution in [3.63, 3.8) is 0 Å². The minimum absolute atomic E-state index is 0.00614. The number of para-hydroxylation sites is 2. The van der Waals surface area contributed by atoms with Gasteiger partial charge in [-0.1, -0.05) is 30.3 Å². The average Bonchev–Trinajstić information content (AvgIpc) is 2.58. The summed E-state index contributed by atoms with van der Waals surface area (Å²) >= 11 is 3.43. The van der Waals surface area contributed by atoms with E-state index < -0.39 is 0 Å². The first-order valence-electron chi connectivity index (χ1n) is 7.46. The summed E-state index contributed by atoms with van der Waals surface area (Å²) in [5.74, 6) is 1.58. The Morgan fingerprint density at radius 3 is 2.52 bits per heavy atom. The number of amides is 1. The zero-order chi connectivity index (χ0) is 16.5. The number of carbonyl (C=O) groups is 1. The molecule has 0 radical (unpaired) electrons. The van der Waals surface area contributed by atoms with E-state index in [1.807, 2.05) is 48.5 Å². The first kappa shape index (κ1) is 17.3. The van der Waals surface area contributed by atoms with E-state index in [2.05, 4.69) is 21.2 Å². The molecule has 0 saturated heterocycles. The van der Waals surface area contributed by atoms with Crippen molar-refractivity contribution in [3.05, 3.63) is 58.6 Å². The van der Waals surface area contributed by atoms with E-state index in [9.17, 15) is 4.79 Å². The van der Waals surface area contributed by atoms with Gasteiger partial charge in [-0.2, -0.15) is 0 Å². The van der Waals surface area contributed by atoms with Crippen LogP contribution in [-0.2, 0) is 11.3 Å². The zero-order valence-electron chi connectivity index (χ0n) is 13.0. The number of benzene rings is 2. The zero-order valence-corrected chi connectivity index (χ0v) is 14.6. The molecule has 0 aliphatic heterocycles. The SMILES string of the molecule is COc1ccccc1CNC(=O)CCCOc1ccccc1Br. The van der Waals surface area contributed by atoms with Crippen LogP contribution in [-0.4, -0.2) is 19.6 Å². The second kappa shape index (κ2) is 9.20. The predicted octanol–water partition coefficient (Wildman–Crippen LogP) is 3.93. The predicted molar refractivity (Wildman–Crippen MR) is 93.7 cm³/mol. The van der Waals surface area contributed by atoms with E-state index in [1.165, 1.54) is 0 Å². The highest BCUT2D eigenvalue weighted by atomic mass is 79.9.